The molecule has 2 heterocycles. The summed E-state index contributed by atoms with van der Waals surface area (Å²) in [7, 11) is 0. The molecule has 0 aliphatic carbocycles. The average Bonchev–Trinajstić information content (AvgIpc) is 3.23. The van der Waals surface area contributed by atoms with Crippen molar-refractivity contribution < 1.29 is 9.90 Å². The van der Waals surface area contributed by atoms with Gasteiger partial charge in [-0.1, -0.05) is 18.2 Å². The van der Waals surface area contributed by atoms with Gasteiger partial charge in [0.2, 0.25) is 5.91 Å². The van der Waals surface area contributed by atoms with E-state index < -0.39 is 0 Å². The zero-order valence-electron chi connectivity index (χ0n) is 15.1. The van der Waals surface area contributed by atoms with Gasteiger partial charge in [0.25, 0.3) is 0 Å². The van der Waals surface area contributed by atoms with E-state index in [1.807, 2.05) is 48.5 Å². The summed E-state index contributed by atoms with van der Waals surface area (Å²) in [6.45, 7) is 3.31. The third-order valence-corrected chi connectivity index (χ3v) is 4.88. The van der Waals surface area contributed by atoms with Gasteiger partial charge in [-0.25, -0.2) is 0 Å². The van der Waals surface area contributed by atoms with Crippen molar-refractivity contribution in [1.29, 1.82) is 0 Å². The van der Waals surface area contributed by atoms with Gasteiger partial charge in [0.1, 0.15) is 0 Å². The highest BCUT2D eigenvalue weighted by Gasteiger charge is 2.23. The van der Waals surface area contributed by atoms with Crippen LogP contribution in [-0.2, 0) is 4.79 Å². The number of carbonyl (C=O) groups excluding carboxylic acids is 1. The summed E-state index contributed by atoms with van der Waals surface area (Å²) in [6, 6.07) is 16.0. The molecule has 138 valence electrons. The molecule has 0 bridgehead atoms. The molecular weight excluding hydrogens is 340 g/mol. The van der Waals surface area contributed by atoms with Crippen molar-refractivity contribution in [3.63, 3.8) is 0 Å². The Hall–Kier alpha value is -3.28. The van der Waals surface area contributed by atoms with Gasteiger partial charge in [0, 0.05) is 48.9 Å². The molecular formula is C21H22N4O2. The number of aliphatic imine (C=N–C) groups is 1. The number of benzene rings is 2. The SMILES string of the molecule is CC(=O)NC1CCN(c2ccc(N=Cc3c(O)[nH]c4ccccc34)cc2)C1. The first-order valence-electron chi connectivity index (χ1n) is 9.06. The van der Waals surface area contributed by atoms with Gasteiger partial charge in [-0.05, 0) is 36.8 Å². The van der Waals surface area contributed by atoms with E-state index in [0.717, 1.165) is 41.8 Å². The number of hydrogen-bond acceptors (Lipinski definition) is 4. The maximum Gasteiger partial charge on any atom is 0.217 e. The van der Waals surface area contributed by atoms with E-state index in [0.29, 0.717) is 5.56 Å². The lowest BCUT2D eigenvalue weighted by molar-refractivity contribution is -0.119. The summed E-state index contributed by atoms with van der Waals surface area (Å²) in [4.78, 5) is 20.9. The van der Waals surface area contributed by atoms with Gasteiger partial charge in [0.05, 0.1) is 11.3 Å². The number of para-hydroxylation sites is 1. The lowest BCUT2D eigenvalue weighted by atomic mass is 10.2. The number of aromatic hydroxyl groups is 1. The zero-order chi connectivity index (χ0) is 18.8. The summed E-state index contributed by atoms with van der Waals surface area (Å²) >= 11 is 0. The van der Waals surface area contributed by atoms with E-state index in [1.54, 1.807) is 13.1 Å². The van der Waals surface area contributed by atoms with Crippen LogP contribution in [0.4, 0.5) is 11.4 Å². The number of amides is 1. The topological polar surface area (TPSA) is 80.7 Å². The highest BCUT2D eigenvalue weighted by Crippen LogP contribution is 2.27. The van der Waals surface area contributed by atoms with Crippen molar-refractivity contribution >= 4 is 34.4 Å². The second-order valence-electron chi connectivity index (χ2n) is 6.84. The van der Waals surface area contributed by atoms with Gasteiger partial charge >= 0.3 is 0 Å². The van der Waals surface area contributed by atoms with E-state index in [9.17, 15) is 9.90 Å². The second kappa shape index (κ2) is 7.15. The monoisotopic (exact) mass is 362 g/mol. The van der Waals surface area contributed by atoms with Gasteiger partial charge in [-0.3, -0.25) is 9.79 Å². The highest BCUT2D eigenvalue weighted by atomic mass is 16.3. The predicted molar refractivity (Wildman–Crippen MR) is 108 cm³/mol. The molecule has 1 saturated heterocycles. The molecule has 1 amide bonds. The maximum atomic E-state index is 11.2. The Morgan fingerprint density at radius 3 is 2.81 bits per heavy atom. The van der Waals surface area contributed by atoms with Gasteiger partial charge in [0.15, 0.2) is 5.88 Å². The van der Waals surface area contributed by atoms with Crippen LogP contribution in [0.2, 0.25) is 0 Å². The summed E-state index contributed by atoms with van der Waals surface area (Å²) in [5.41, 5.74) is 3.51. The normalized spacial score (nSPS) is 17.1. The molecule has 4 rings (SSSR count). The van der Waals surface area contributed by atoms with Crippen LogP contribution >= 0.6 is 0 Å². The van der Waals surface area contributed by atoms with Crippen LogP contribution in [0.3, 0.4) is 0 Å². The average molecular weight is 362 g/mol. The Balaban J connectivity index is 1.47. The van der Waals surface area contributed by atoms with Crippen LogP contribution < -0.4 is 10.2 Å². The Labute approximate surface area is 157 Å². The molecule has 0 saturated carbocycles. The fourth-order valence-corrected chi connectivity index (χ4v) is 3.57. The van der Waals surface area contributed by atoms with Crippen molar-refractivity contribution in [2.75, 3.05) is 18.0 Å². The first-order chi connectivity index (χ1) is 13.1. The number of nitrogens with one attached hydrogen (secondary N) is 2. The van der Waals surface area contributed by atoms with E-state index >= 15 is 0 Å². The quantitative estimate of drug-likeness (QED) is 0.623. The van der Waals surface area contributed by atoms with E-state index in [1.165, 1.54) is 0 Å². The number of aromatic amines is 1. The Kier molecular flexibility index (Phi) is 4.54. The molecule has 3 aromatic rings. The third kappa shape index (κ3) is 3.65. The molecule has 1 aliphatic heterocycles. The van der Waals surface area contributed by atoms with Gasteiger partial charge in [-0.15, -0.1) is 0 Å². The Bertz CT molecular complexity index is 991. The predicted octanol–water partition coefficient (Wildman–Crippen LogP) is 3.34. The van der Waals surface area contributed by atoms with E-state index in [-0.39, 0.29) is 17.8 Å². The minimum absolute atomic E-state index is 0.0204. The largest absolute Gasteiger partial charge is 0.494 e. The maximum absolute atomic E-state index is 11.2. The molecule has 6 nitrogen and oxygen atoms in total. The van der Waals surface area contributed by atoms with Crippen molar-refractivity contribution in [3.05, 3.63) is 54.1 Å². The van der Waals surface area contributed by atoms with Gasteiger partial charge in [-0.2, -0.15) is 0 Å². The molecule has 1 atom stereocenters. The minimum Gasteiger partial charge on any atom is -0.494 e. The first kappa shape index (κ1) is 17.1. The molecule has 1 unspecified atom stereocenters. The third-order valence-electron chi connectivity index (χ3n) is 4.88. The van der Waals surface area contributed by atoms with Crippen LogP contribution in [0.5, 0.6) is 5.88 Å². The summed E-state index contributed by atoms with van der Waals surface area (Å²) in [5, 5.41) is 14.0. The fourth-order valence-electron chi connectivity index (χ4n) is 3.57. The minimum atomic E-state index is 0.0204. The highest BCUT2D eigenvalue weighted by molar-refractivity contribution is 6.02. The first-order valence-corrected chi connectivity index (χ1v) is 9.06. The summed E-state index contributed by atoms with van der Waals surface area (Å²) < 4.78 is 0. The fraction of sp³-hybridized carbons (Fsp3) is 0.238. The van der Waals surface area contributed by atoms with Crippen molar-refractivity contribution in [2.45, 2.75) is 19.4 Å². The van der Waals surface area contributed by atoms with Crippen LogP contribution in [-0.4, -0.2) is 41.3 Å². The molecule has 2 aromatic carbocycles. The van der Waals surface area contributed by atoms with Crippen molar-refractivity contribution in [1.82, 2.24) is 10.3 Å². The zero-order valence-corrected chi connectivity index (χ0v) is 15.1. The Morgan fingerprint density at radius 2 is 2.04 bits per heavy atom. The number of nitrogens with zero attached hydrogens (tertiary/aromatic N) is 2. The molecule has 1 aromatic heterocycles. The molecule has 0 spiro atoms. The lowest BCUT2D eigenvalue weighted by Gasteiger charge is -2.18. The standard InChI is InChI=1S/C21H22N4O2/c1-14(26)23-16-10-11-25(13-16)17-8-6-15(7-9-17)22-12-19-18-4-2-3-5-20(18)24-21(19)27/h2-9,12,16,24,27H,10-11,13H2,1H3,(H,23,26). The van der Waals surface area contributed by atoms with Crippen LogP contribution in [0, 0.1) is 0 Å². The molecule has 27 heavy (non-hydrogen) atoms. The smallest absolute Gasteiger partial charge is 0.217 e. The molecule has 3 N–H and O–H groups in total. The lowest BCUT2D eigenvalue weighted by Crippen LogP contribution is -2.35. The number of hydrogen-bond donors (Lipinski definition) is 3. The molecule has 1 fully saturated rings. The summed E-state index contributed by atoms with van der Waals surface area (Å²) in [6.07, 6.45) is 2.64. The molecule has 0 radical (unpaired) electrons. The van der Waals surface area contributed by atoms with Crippen LogP contribution in [0.15, 0.2) is 53.5 Å². The summed E-state index contributed by atoms with van der Waals surface area (Å²) in [5.74, 6) is 0.143. The number of anilines is 1. The van der Waals surface area contributed by atoms with Crippen LogP contribution in [0.1, 0.15) is 18.9 Å². The van der Waals surface area contributed by atoms with Crippen molar-refractivity contribution in [2.24, 2.45) is 4.99 Å². The van der Waals surface area contributed by atoms with Crippen molar-refractivity contribution in [3.8, 4) is 5.88 Å². The number of aromatic nitrogens is 1. The number of H-pyrrole nitrogens is 1. The Morgan fingerprint density at radius 1 is 1.26 bits per heavy atom. The second-order valence-corrected chi connectivity index (χ2v) is 6.84. The van der Waals surface area contributed by atoms with Gasteiger partial charge < -0.3 is 20.3 Å². The number of fused-ring (bicyclic) bond motifs is 1. The number of rotatable bonds is 4. The van der Waals surface area contributed by atoms with Crippen LogP contribution in [0.25, 0.3) is 10.9 Å². The molecule has 1 aliphatic rings. The van der Waals surface area contributed by atoms with E-state index in [4.69, 9.17) is 0 Å². The van der Waals surface area contributed by atoms with E-state index in [2.05, 4.69) is 20.2 Å². The number of carbonyl (C=O) groups is 1. The molecule has 6 heteroatoms.